The Morgan fingerprint density at radius 1 is 1.23 bits per heavy atom. The van der Waals surface area contributed by atoms with Gasteiger partial charge in [-0.1, -0.05) is 13.0 Å². The molecule has 0 N–H and O–H groups in total. The molecule has 1 unspecified atom stereocenters. The Bertz CT molecular complexity index is 886. The molecule has 0 spiro atoms. The average Bonchev–Trinajstić information content (AvgIpc) is 3.35. The number of likely N-dealkylation sites (tertiary alicyclic amines) is 1. The first kappa shape index (κ1) is 17.0. The Morgan fingerprint density at radius 2 is 2.08 bits per heavy atom. The summed E-state index contributed by atoms with van der Waals surface area (Å²) in [5.41, 5.74) is 0.665. The highest BCUT2D eigenvalue weighted by Gasteiger charge is 2.22. The first-order valence-corrected chi connectivity index (χ1v) is 9.78. The molecular weight excluding hydrogens is 350 g/mol. The van der Waals surface area contributed by atoms with E-state index >= 15 is 0 Å². The van der Waals surface area contributed by atoms with Crippen LogP contribution in [0.3, 0.4) is 0 Å². The highest BCUT2D eigenvalue weighted by Crippen LogP contribution is 2.23. The minimum atomic E-state index is -0.191. The largest absolute Gasteiger partial charge is 0.476 e. The third-order valence-electron chi connectivity index (χ3n) is 4.55. The normalized spacial score (nSPS) is 16.0. The van der Waals surface area contributed by atoms with Gasteiger partial charge in [-0.05, 0) is 36.8 Å². The molecule has 1 aliphatic heterocycles. The second-order valence-corrected chi connectivity index (χ2v) is 7.49. The summed E-state index contributed by atoms with van der Waals surface area (Å²) in [7, 11) is 0. The van der Waals surface area contributed by atoms with Crippen LogP contribution < -0.4 is 4.74 Å². The highest BCUT2D eigenvalue weighted by molar-refractivity contribution is 7.13. The molecule has 8 heteroatoms. The number of rotatable bonds is 5. The van der Waals surface area contributed by atoms with E-state index in [0.29, 0.717) is 24.0 Å². The molecular formula is C18H21N5O2S. The molecule has 3 aromatic rings. The Kier molecular flexibility index (Phi) is 4.83. The van der Waals surface area contributed by atoms with Crippen LogP contribution in [0.4, 0.5) is 0 Å². The van der Waals surface area contributed by atoms with Gasteiger partial charge in [0.05, 0.1) is 10.8 Å². The smallest absolute Gasteiger partial charge is 0.231 e. The summed E-state index contributed by atoms with van der Waals surface area (Å²) in [5, 5.41) is 14.8. The lowest BCUT2D eigenvalue weighted by Crippen LogP contribution is -2.40. The second-order valence-electron chi connectivity index (χ2n) is 6.54. The number of hydrogen-bond donors (Lipinski definition) is 0. The van der Waals surface area contributed by atoms with Gasteiger partial charge in [0.1, 0.15) is 6.61 Å². The number of hydrogen-bond acceptors (Lipinski definition) is 6. The molecule has 0 aliphatic carbocycles. The van der Waals surface area contributed by atoms with E-state index in [1.54, 1.807) is 21.9 Å². The highest BCUT2D eigenvalue weighted by atomic mass is 32.1. The Hall–Kier alpha value is -2.48. The van der Waals surface area contributed by atoms with E-state index in [1.165, 1.54) is 6.42 Å². The summed E-state index contributed by atoms with van der Waals surface area (Å²) in [6.45, 7) is 3.94. The lowest BCUT2D eigenvalue weighted by Gasteiger charge is -2.29. The number of nitrogens with zero attached hydrogens (tertiary/aromatic N) is 5. The Morgan fingerprint density at radius 3 is 2.85 bits per heavy atom. The molecule has 1 saturated heterocycles. The van der Waals surface area contributed by atoms with Crippen molar-refractivity contribution < 1.29 is 9.53 Å². The fraction of sp³-hybridized carbons (Fsp3) is 0.444. The molecule has 26 heavy (non-hydrogen) atoms. The van der Waals surface area contributed by atoms with Gasteiger partial charge in [-0.2, -0.15) is 4.52 Å². The lowest BCUT2D eigenvalue weighted by molar-refractivity contribution is -0.136. The predicted octanol–water partition coefficient (Wildman–Crippen LogP) is 2.88. The van der Waals surface area contributed by atoms with E-state index in [0.717, 1.165) is 30.8 Å². The van der Waals surface area contributed by atoms with Crippen LogP contribution in [0.2, 0.25) is 0 Å². The maximum Gasteiger partial charge on any atom is 0.231 e. The van der Waals surface area contributed by atoms with Gasteiger partial charge in [-0.3, -0.25) is 4.79 Å². The van der Waals surface area contributed by atoms with E-state index in [1.807, 2.05) is 35.4 Å². The minimum Gasteiger partial charge on any atom is -0.476 e. The van der Waals surface area contributed by atoms with Crippen LogP contribution in [0.15, 0.2) is 29.6 Å². The number of fused-ring (bicyclic) bond motifs is 1. The molecule has 4 heterocycles. The van der Waals surface area contributed by atoms with Crippen molar-refractivity contribution in [2.75, 3.05) is 19.7 Å². The van der Waals surface area contributed by atoms with Crippen molar-refractivity contribution in [3.05, 3.63) is 29.6 Å². The number of thiophene rings is 1. The summed E-state index contributed by atoms with van der Waals surface area (Å²) in [6.07, 6.45) is 3.40. The van der Waals surface area contributed by atoms with Crippen LogP contribution in [0.5, 0.6) is 5.88 Å². The number of ether oxygens (including phenoxy) is 1. The predicted molar refractivity (Wildman–Crippen MR) is 99.2 cm³/mol. The molecule has 0 radical (unpaired) electrons. The van der Waals surface area contributed by atoms with Crippen LogP contribution in [0.25, 0.3) is 16.3 Å². The topological polar surface area (TPSA) is 72.6 Å². The summed E-state index contributed by atoms with van der Waals surface area (Å²) >= 11 is 1.58. The van der Waals surface area contributed by atoms with Gasteiger partial charge < -0.3 is 9.64 Å². The summed E-state index contributed by atoms with van der Waals surface area (Å²) in [5.74, 6) is 1.13. The molecule has 0 saturated carbocycles. The van der Waals surface area contributed by atoms with Crippen LogP contribution in [0.1, 0.15) is 26.2 Å². The fourth-order valence-corrected chi connectivity index (χ4v) is 3.81. The van der Waals surface area contributed by atoms with E-state index < -0.39 is 0 Å². The summed E-state index contributed by atoms with van der Waals surface area (Å²) < 4.78 is 7.48. The van der Waals surface area contributed by atoms with Crippen molar-refractivity contribution in [2.24, 2.45) is 5.92 Å². The maximum absolute atomic E-state index is 12.5. The van der Waals surface area contributed by atoms with Crippen molar-refractivity contribution in [2.45, 2.75) is 26.2 Å². The van der Waals surface area contributed by atoms with Crippen molar-refractivity contribution >= 4 is 22.9 Å². The van der Waals surface area contributed by atoms with Crippen molar-refractivity contribution in [1.82, 2.24) is 24.7 Å². The number of piperidine rings is 1. The van der Waals surface area contributed by atoms with Gasteiger partial charge in [-0.15, -0.1) is 26.6 Å². The maximum atomic E-state index is 12.5. The number of aromatic nitrogens is 4. The quantitative estimate of drug-likeness (QED) is 0.689. The fourth-order valence-electron chi connectivity index (χ4n) is 3.12. The van der Waals surface area contributed by atoms with Crippen molar-refractivity contribution in [3.63, 3.8) is 0 Å². The standard InChI is InChI=1S/C18H21N5O2S/c1-13(18(24)22-9-3-2-4-10-22)12-25-16-8-7-15-19-20-17(23(15)21-16)14-6-5-11-26-14/h5-8,11,13H,2-4,9-10,12H2,1H3. The monoisotopic (exact) mass is 371 g/mol. The van der Waals surface area contributed by atoms with Crippen molar-refractivity contribution in [3.8, 4) is 16.6 Å². The van der Waals surface area contributed by atoms with Gasteiger partial charge in [0, 0.05) is 19.2 Å². The zero-order chi connectivity index (χ0) is 17.9. The number of amides is 1. The summed E-state index contributed by atoms with van der Waals surface area (Å²) in [4.78, 5) is 15.4. The molecule has 136 valence electrons. The van der Waals surface area contributed by atoms with E-state index in [9.17, 15) is 4.79 Å². The average molecular weight is 371 g/mol. The number of carbonyl (C=O) groups excluding carboxylic acids is 1. The van der Waals surface area contributed by atoms with Crippen LogP contribution >= 0.6 is 11.3 Å². The lowest BCUT2D eigenvalue weighted by atomic mass is 10.1. The van der Waals surface area contributed by atoms with E-state index in [2.05, 4.69) is 15.3 Å². The van der Waals surface area contributed by atoms with Crippen LogP contribution in [-0.2, 0) is 4.79 Å². The molecule has 0 bridgehead atoms. The second kappa shape index (κ2) is 7.41. The van der Waals surface area contributed by atoms with Crippen LogP contribution in [-0.4, -0.2) is 50.3 Å². The zero-order valence-electron chi connectivity index (χ0n) is 14.7. The van der Waals surface area contributed by atoms with E-state index in [-0.39, 0.29) is 11.8 Å². The molecule has 1 atom stereocenters. The molecule has 3 aromatic heterocycles. The molecule has 1 aliphatic rings. The minimum absolute atomic E-state index is 0.161. The van der Waals surface area contributed by atoms with Gasteiger partial charge in [0.15, 0.2) is 11.5 Å². The van der Waals surface area contributed by atoms with Gasteiger partial charge >= 0.3 is 0 Å². The molecule has 7 nitrogen and oxygen atoms in total. The van der Waals surface area contributed by atoms with Crippen molar-refractivity contribution in [1.29, 1.82) is 0 Å². The third-order valence-corrected chi connectivity index (χ3v) is 5.42. The van der Waals surface area contributed by atoms with Gasteiger partial charge in [-0.25, -0.2) is 0 Å². The first-order chi connectivity index (χ1) is 12.7. The molecule has 1 amide bonds. The Labute approximate surface area is 155 Å². The van der Waals surface area contributed by atoms with Gasteiger partial charge in [0.2, 0.25) is 11.8 Å². The molecule has 1 fully saturated rings. The Balaban J connectivity index is 1.45. The molecule has 4 rings (SSSR count). The van der Waals surface area contributed by atoms with E-state index in [4.69, 9.17) is 4.74 Å². The summed E-state index contributed by atoms with van der Waals surface area (Å²) in [6, 6.07) is 7.54. The molecule has 0 aromatic carbocycles. The van der Waals surface area contributed by atoms with Crippen LogP contribution in [0, 0.1) is 5.92 Å². The number of carbonyl (C=O) groups is 1. The SMILES string of the molecule is CC(COc1ccc2nnc(-c3cccs3)n2n1)C(=O)N1CCCCC1. The first-order valence-electron chi connectivity index (χ1n) is 8.90. The third kappa shape index (κ3) is 3.41. The zero-order valence-corrected chi connectivity index (χ0v) is 15.5. The van der Waals surface area contributed by atoms with Gasteiger partial charge in [0.25, 0.3) is 0 Å².